The average molecular weight is 359 g/mol. The number of nitrogens with one attached hydrogen (secondary N) is 1. The van der Waals surface area contributed by atoms with Crippen molar-refractivity contribution < 1.29 is 4.39 Å². The van der Waals surface area contributed by atoms with E-state index in [4.69, 9.17) is 11.6 Å². The maximum absolute atomic E-state index is 13.6. The molecular formula is C17H12ClFN4S. The Morgan fingerprint density at radius 1 is 1.12 bits per heavy atom. The van der Waals surface area contributed by atoms with Gasteiger partial charge in [-0.1, -0.05) is 11.6 Å². The Morgan fingerprint density at radius 3 is 2.71 bits per heavy atom. The number of benzene rings is 1. The van der Waals surface area contributed by atoms with Crippen LogP contribution >= 0.6 is 22.9 Å². The first kappa shape index (κ1) is 15.1. The Kier molecular flexibility index (Phi) is 3.70. The van der Waals surface area contributed by atoms with E-state index in [9.17, 15) is 4.39 Å². The largest absolute Gasteiger partial charge is 0.332 e. The highest BCUT2D eigenvalue weighted by Crippen LogP contribution is 2.30. The lowest BCUT2D eigenvalue weighted by Crippen LogP contribution is -1.92. The molecular weight excluding hydrogens is 347 g/mol. The molecule has 0 saturated carbocycles. The van der Waals surface area contributed by atoms with Crippen LogP contribution in [0.3, 0.4) is 0 Å². The van der Waals surface area contributed by atoms with Gasteiger partial charge in [-0.25, -0.2) is 14.4 Å². The van der Waals surface area contributed by atoms with Gasteiger partial charge in [0.25, 0.3) is 0 Å². The number of imidazole rings is 1. The van der Waals surface area contributed by atoms with E-state index in [1.165, 1.54) is 23.6 Å². The molecule has 3 heterocycles. The third-order valence-corrected chi connectivity index (χ3v) is 4.61. The Hall–Kier alpha value is -2.44. The van der Waals surface area contributed by atoms with Crippen molar-refractivity contribution in [2.24, 2.45) is 0 Å². The highest BCUT2D eigenvalue weighted by Gasteiger charge is 2.14. The highest BCUT2D eigenvalue weighted by atomic mass is 35.5. The van der Waals surface area contributed by atoms with E-state index in [0.29, 0.717) is 10.7 Å². The van der Waals surface area contributed by atoms with Crippen LogP contribution < -0.4 is 5.32 Å². The number of thiazole rings is 1. The first-order valence-electron chi connectivity index (χ1n) is 7.23. The normalized spacial score (nSPS) is 11.1. The summed E-state index contributed by atoms with van der Waals surface area (Å²) in [7, 11) is 0. The Morgan fingerprint density at radius 2 is 1.92 bits per heavy atom. The zero-order chi connectivity index (χ0) is 16.7. The SMILES string of the molecule is Cc1nc2ccc(F)cn2c1-c1csc(Nc2ccc(Cl)cc2)n1. The standard InChI is InChI=1S/C17H12ClFN4S/c1-10-16(23-8-12(19)4-7-15(23)20-10)14-9-24-17(22-14)21-13-5-2-11(18)3-6-13/h2-9H,1H3,(H,21,22). The maximum atomic E-state index is 13.6. The van der Waals surface area contributed by atoms with Crippen LogP contribution in [0.15, 0.2) is 48.0 Å². The molecule has 4 rings (SSSR count). The van der Waals surface area contributed by atoms with Gasteiger partial charge in [0, 0.05) is 22.3 Å². The van der Waals surface area contributed by atoms with Crippen LogP contribution in [-0.4, -0.2) is 14.4 Å². The van der Waals surface area contributed by atoms with E-state index in [1.807, 2.05) is 36.6 Å². The summed E-state index contributed by atoms with van der Waals surface area (Å²) in [5.74, 6) is -0.309. The second-order valence-corrected chi connectivity index (χ2v) is 6.59. The van der Waals surface area contributed by atoms with E-state index in [-0.39, 0.29) is 5.82 Å². The fourth-order valence-electron chi connectivity index (χ4n) is 2.54. The topological polar surface area (TPSA) is 42.2 Å². The second kappa shape index (κ2) is 5.89. The summed E-state index contributed by atoms with van der Waals surface area (Å²) in [6.07, 6.45) is 1.43. The van der Waals surface area contributed by atoms with Crippen molar-refractivity contribution in [3.05, 3.63) is 64.5 Å². The second-order valence-electron chi connectivity index (χ2n) is 5.29. The van der Waals surface area contributed by atoms with Gasteiger partial charge in [0.05, 0.1) is 11.4 Å². The van der Waals surface area contributed by atoms with Crippen LogP contribution in [0.4, 0.5) is 15.2 Å². The quantitative estimate of drug-likeness (QED) is 0.540. The van der Waals surface area contributed by atoms with Crippen LogP contribution in [0.25, 0.3) is 17.0 Å². The van der Waals surface area contributed by atoms with Crippen LogP contribution in [0.1, 0.15) is 5.69 Å². The van der Waals surface area contributed by atoms with Gasteiger partial charge >= 0.3 is 0 Å². The molecule has 4 aromatic rings. The minimum absolute atomic E-state index is 0.309. The number of nitrogens with zero attached hydrogens (tertiary/aromatic N) is 3. The zero-order valence-corrected chi connectivity index (χ0v) is 14.2. The number of anilines is 2. The van der Waals surface area contributed by atoms with Crippen molar-refractivity contribution in [3.8, 4) is 11.4 Å². The van der Waals surface area contributed by atoms with Crippen molar-refractivity contribution in [2.45, 2.75) is 6.92 Å². The molecule has 120 valence electrons. The Bertz CT molecular complexity index is 1020. The molecule has 0 unspecified atom stereocenters. The van der Waals surface area contributed by atoms with Gasteiger partial charge in [-0.15, -0.1) is 11.3 Å². The predicted octanol–water partition coefficient (Wildman–Crippen LogP) is 5.30. The molecule has 0 aliphatic carbocycles. The van der Waals surface area contributed by atoms with Crippen molar-refractivity contribution in [1.29, 1.82) is 0 Å². The number of aryl methyl sites for hydroxylation is 1. The predicted molar refractivity (Wildman–Crippen MR) is 95.7 cm³/mol. The van der Waals surface area contributed by atoms with Gasteiger partial charge in [-0.3, -0.25) is 4.40 Å². The fraction of sp³-hybridized carbons (Fsp3) is 0.0588. The molecule has 0 aliphatic rings. The summed E-state index contributed by atoms with van der Waals surface area (Å²) in [4.78, 5) is 9.06. The molecule has 0 bridgehead atoms. The molecule has 0 atom stereocenters. The van der Waals surface area contributed by atoms with E-state index in [1.54, 1.807) is 10.5 Å². The highest BCUT2D eigenvalue weighted by molar-refractivity contribution is 7.14. The monoisotopic (exact) mass is 358 g/mol. The van der Waals surface area contributed by atoms with E-state index >= 15 is 0 Å². The summed E-state index contributed by atoms with van der Waals surface area (Å²) in [6.45, 7) is 1.89. The molecule has 7 heteroatoms. The molecule has 0 spiro atoms. The van der Waals surface area contributed by atoms with E-state index in [0.717, 1.165) is 27.9 Å². The molecule has 0 radical (unpaired) electrons. The van der Waals surface area contributed by atoms with Crippen LogP contribution in [0.5, 0.6) is 0 Å². The number of fused-ring (bicyclic) bond motifs is 1. The summed E-state index contributed by atoms with van der Waals surface area (Å²) < 4.78 is 15.3. The van der Waals surface area contributed by atoms with Gasteiger partial charge in [-0.05, 0) is 43.3 Å². The van der Waals surface area contributed by atoms with Gasteiger partial charge in [0.2, 0.25) is 0 Å². The van der Waals surface area contributed by atoms with Crippen molar-refractivity contribution in [2.75, 3.05) is 5.32 Å². The number of halogens is 2. The lowest BCUT2D eigenvalue weighted by molar-refractivity contribution is 0.619. The third kappa shape index (κ3) is 2.74. The van der Waals surface area contributed by atoms with Gasteiger partial charge < -0.3 is 5.32 Å². The Balaban J connectivity index is 1.71. The molecule has 1 aromatic carbocycles. The minimum Gasteiger partial charge on any atom is -0.332 e. The first-order valence-corrected chi connectivity index (χ1v) is 8.48. The Labute approximate surface area is 146 Å². The van der Waals surface area contributed by atoms with Gasteiger partial charge in [0.15, 0.2) is 5.13 Å². The number of rotatable bonds is 3. The van der Waals surface area contributed by atoms with E-state index in [2.05, 4.69) is 15.3 Å². The molecule has 0 aliphatic heterocycles. The molecule has 0 amide bonds. The minimum atomic E-state index is -0.309. The zero-order valence-electron chi connectivity index (χ0n) is 12.6. The van der Waals surface area contributed by atoms with Gasteiger partial charge in [0.1, 0.15) is 17.2 Å². The summed E-state index contributed by atoms with van der Waals surface area (Å²) in [6, 6.07) is 10.5. The molecule has 3 aromatic heterocycles. The molecule has 4 nitrogen and oxygen atoms in total. The smallest absolute Gasteiger partial charge is 0.187 e. The molecule has 0 fully saturated rings. The summed E-state index contributed by atoms with van der Waals surface area (Å²) in [5.41, 5.74) is 3.96. The number of aromatic nitrogens is 3. The average Bonchev–Trinajstić information content (AvgIpc) is 3.12. The third-order valence-electron chi connectivity index (χ3n) is 3.60. The van der Waals surface area contributed by atoms with Crippen LogP contribution in [0, 0.1) is 12.7 Å². The molecule has 0 saturated heterocycles. The first-order chi connectivity index (χ1) is 11.6. The lowest BCUT2D eigenvalue weighted by Gasteiger charge is -2.02. The lowest BCUT2D eigenvalue weighted by atomic mass is 10.3. The van der Waals surface area contributed by atoms with Crippen LogP contribution in [-0.2, 0) is 0 Å². The van der Waals surface area contributed by atoms with Crippen LogP contribution in [0.2, 0.25) is 5.02 Å². The fourth-order valence-corrected chi connectivity index (χ4v) is 3.38. The van der Waals surface area contributed by atoms with Crippen molar-refractivity contribution in [3.63, 3.8) is 0 Å². The maximum Gasteiger partial charge on any atom is 0.187 e. The number of hydrogen-bond acceptors (Lipinski definition) is 4. The molecule has 24 heavy (non-hydrogen) atoms. The number of hydrogen-bond donors (Lipinski definition) is 1. The van der Waals surface area contributed by atoms with Gasteiger partial charge in [-0.2, -0.15) is 0 Å². The van der Waals surface area contributed by atoms with Crippen molar-refractivity contribution >= 4 is 39.4 Å². The van der Waals surface area contributed by atoms with Crippen molar-refractivity contribution in [1.82, 2.24) is 14.4 Å². The van der Waals surface area contributed by atoms with E-state index < -0.39 is 0 Å². The summed E-state index contributed by atoms with van der Waals surface area (Å²) in [5, 5.41) is 6.60. The number of pyridine rings is 1. The molecule has 1 N–H and O–H groups in total. The summed E-state index contributed by atoms with van der Waals surface area (Å²) >= 11 is 7.37.